The minimum atomic E-state index is -1.19. The zero-order valence-corrected chi connectivity index (χ0v) is 10.3. The summed E-state index contributed by atoms with van der Waals surface area (Å²) in [5, 5.41) is 38.4. The number of anilines is 1. The molecule has 1 aliphatic rings. The number of fused-ring (bicyclic) bond motifs is 1. The van der Waals surface area contributed by atoms with Crippen LogP contribution in [0.1, 0.15) is 6.23 Å². The molecule has 0 saturated carbocycles. The van der Waals surface area contributed by atoms with Crippen molar-refractivity contribution < 1.29 is 25.3 Å². The Kier molecular flexibility index (Phi) is 3.28. The lowest BCUT2D eigenvalue weighted by molar-refractivity contribution is -0.0508. The van der Waals surface area contributed by atoms with Gasteiger partial charge in [0, 0.05) is 6.20 Å². The molecule has 2 aromatic rings. The fraction of sp³-hybridized carbons (Fsp3) is 0.455. The van der Waals surface area contributed by atoms with Gasteiger partial charge in [0.05, 0.1) is 12.0 Å². The molecule has 0 aromatic carbocycles. The molecule has 4 atom stereocenters. The molecule has 5 N–H and O–H groups in total. The summed E-state index contributed by atoms with van der Waals surface area (Å²) in [6, 6.07) is 1.64. The fourth-order valence-corrected chi connectivity index (χ4v) is 2.38. The summed E-state index contributed by atoms with van der Waals surface area (Å²) < 4.78 is 6.95. The van der Waals surface area contributed by atoms with E-state index in [0.717, 1.165) is 0 Å². The zero-order chi connectivity index (χ0) is 14.3. The number of nitrogens with one attached hydrogen (secondary N) is 1. The number of aliphatic hydroxyl groups is 3. The Morgan fingerprint density at radius 2 is 2.10 bits per heavy atom. The van der Waals surface area contributed by atoms with Gasteiger partial charge in [-0.15, -0.1) is 0 Å². The van der Waals surface area contributed by atoms with Gasteiger partial charge in [-0.2, -0.15) is 0 Å². The van der Waals surface area contributed by atoms with Crippen LogP contribution in [0.4, 0.5) is 5.82 Å². The van der Waals surface area contributed by atoms with Crippen LogP contribution in [-0.4, -0.2) is 60.0 Å². The molecule has 108 valence electrons. The van der Waals surface area contributed by atoms with Crippen molar-refractivity contribution in [3.8, 4) is 0 Å². The summed E-state index contributed by atoms with van der Waals surface area (Å²) in [4.78, 5) is 7.92. The van der Waals surface area contributed by atoms with Crippen molar-refractivity contribution in [2.24, 2.45) is 0 Å². The highest BCUT2D eigenvalue weighted by molar-refractivity contribution is 5.86. The van der Waals surface area contributed by atoms with Crippen LogP contribution >= 0.6 is 0 Å². The zero-order valence-electron chi connectivity index (χ0n) is 10.3. The summed E-state index contributed by atoms with van der Waals surface area (Å²) in [6.45, 7) is -0.396. The lowest BCUT2D eigenvalue weighted by atomic mass is 10.1. The fourth-order valence-electron chi connectivity index (χ4n) is 2.38. The molecule has 0 amide bonds. The van der Waals surface area contributed by atoms with Crippen LogP contribution in [0.15, 0.2) is 18.6 Å². The largest absolute Gasteiger partial charge is 0.394 e. The highest BCUT2D eigenvalue weighted by Gasteiger charge is 2.43. The first kappa shape index (κ1) is 13.2. The van der Waals surface area contributed by atoms with E-state index in [4.69, 9.17) is 15.1 Å². The van der Waals surface area contributed by atoms with E-state index >= 15 is 0 Å². The average Bonchev–Trinajstić information content (AvgIpc) is 3.01. The Morgan fingerprint density at radius 1 is 1.30 bits per heavy atom. The smallest absolute Gasteiger partial charge is 0.164 e. The first-order valence-electron chi connectivity index (χ1n) is 6.01. The molecule has 1 fully saturated rings. The number of hydrogen-bond donors (Lipinski definition) is 5. The third kappa shape index (κ3) is 1.84. The van der Waals surface area contributed by atoms with Crippen molar-refractivity contribution in [3.63, 3.8) is 0 Å². The second kappa shape index (κ2) is 4.96. The van der Waals surface area contributed by atoms with Gasteiger partial charge in [-0.05, 0) is 6.07 Å². The predicted octanol–water partition coefficient (Wildman–Crippen LogP) is -1.16. The van der Waals surface area contributed by atoms with Gasteiger partial charge in [-0.1, -0.05) is 0 Å². The molecule has 3 rings (SSSR count). The maximum atomic E-state index is 10.0. The maximum absolute atomic E-state index is 10.0. The Hall–Kier alpha value is -1.78. The Balaban J connectivity index is 2.03. The average molecular weight is 282 g/mol. The van der Waals surface area contributed by atoms with Crippen LogP contribution in [0.2, 0.25) is 0 Å². The first-order chi connectivity index (χ1) is 9.67. The molecule has 0 bridgehead atoms. The van der Waals surface area contributed by atoms with Crippen molar-refractivity contribution in [2.75, 3.05) is 12.1 Å². The van der Waals surface area contributed by atoms with Gasteiger partial charge in [-0.25, -0.2) is 9.97 Å². The molecule has 0 spiro atoms. The topological polar surface area (TPSA) is 133 Å². The van der Waals surface area contributed by atoms with Crippen molar-refractivity contribution in [1.82, 2.24) is 14.5 Å². The lowest BCUT2D eigenvalue weighted by Crippen LogP contribution is -2.33. The molecular formula is C11H14N4O5. The maximum Gasteiger partial charge on any atom is 0.164 e. The van der Waals surface area contributed by atoms with Gasteiger partial charge in [-0.3, -0.25) is 10.7 Å². The van der Waals surface area contributed by atoms with Crippen molar-refractivity contribution >= 4 is 16.9 Å². The van der Waals surface area contributed by atoms with E-state index in [1.54, 1.807) is 12.3 Å². The molecule has 1 saturated heterocycles. The second-order valence-corrected chi connectivity index (χ2v) is 4.52. The summed E-state index contributed by atoms with van der Waals surface area (Å²) >= 11 is 0. The number of aliphatic hydroxyl groups excluding tert-OH is 3. The van der Waals surface area contributed by atoms with E-state index in [0.29, 0.717) is 11.0 Å². The van der Waals surface area contributed by atoms with Gasteiger partial charge in [0.1, 0.15) is 30.3 Å². The van der Waals surface area contributed by atoms with Crippen LogP contribution in [-0.2, 0) is 4.74 Å². The van der Waals surface area contributed by atoms with E-state index in [-0.39, 0.29) is 5.82 Å². The third-order valence-electron chi connectivity index (χ3n) is 3.41. The molecule has 1 aliphatic heterocycles. The van der Waals surface area contributed by atoms with E-state index in [1.165, 1.54) is 10.9 Å². The van der Waals surface area contributed by atoms with Gasteiger partial charge in [0.15, 0.2) is 12.0 Å². The monoisotopic (exact) mass is 282 g/mol. The Labute approximate surface area is 113 Å². The normalized spacial score (nSPS) is 30.0. The summed E-state index contributed by atoms with van der Waals surface area (Å²) in [5.41, 5.74) is 2.38. The van der Waals surface area contributed by atoms with Gasteiger partial charge < -0.3 is 24.6 Å². The molecule has 0 radical (unpaired) electrons. The number of nitrogens with zero attached hydrogens (tertiary/aromatic N) is 3. The molecule has 20 heavy (non-hydrogen) atoms. The summed E-state index contributed by atoms with van der Waals surface area (Å²) in [7, 11) is 0. The van der Waals surface area contributed by atoms with Crippen LogP contribution in [0.25, 0.3) is 11.0 Å². The second-order valence-electron chi connectivity index (χ2n) is 4.52. The molecule has 0 unspecified atom stereocenters. The minimum absolute atomic E-state index is 0.223. The predicted molar refractivity (Wildman–Crippen MR) is 65.9 cm³/mol. The molecule has 3 heterocycles. The molecular weight excluding hydrogens is 268 g/mol. The van der Waals surface area contributed by atoms with Gasteiger partial charge >= 0.3 is 0 Å². The van der Waals surface area contributed by atoms with Crippen molar-refractivity contribution in [2.45, 2.75) is 24.5 Å². The highest BCUT2D eigenvalue weighted by atomic mass is 16.6. The minimum Gasteiger partial charge on any atom is -0.394 e. The van der Waals surface area contributed by atoms with Crippen molar-refractivity contribution in [3.05, 3.63) is 18.6 Å². The number of aromatic nitrogens is 3. The van der Waals surface area contributed by atoms with E-state index < -0.39 is 31.1 Å². The summed E-state index contributed by atoms with van der Waals surface area (Å²) in [6.07, 6.45) is -1.26. The SMILES string of the molecule is OC[C@H]1O[C@@H](n2ccc3c(NO)ncnc32)[C@H](O)[C@@H]1O. The van der Waals surface area contributed by atoms with Crippen LogP contribution in [0.5, 0.6) is 0 Å². The molecule has 2 aromatic heterocycles. The number of rotatable bonds is 3. The van der Waals surface area contributed by atoms with Gasteiger partial charge in [0.25, 0.3) is 0 Å². The van der Waals surface area contributed by atoms with Crippen LogP contribution in [0, 0.1) is 0 Å². The van der Waals surface area contributed by atoms with Crippen LogP contribution < -0.4 is 5.48 Å². The van der Waals surface area contributed by atoms with Crippen LogP contribution in [0.3, 0.4) is 0 Å². The quantitative estimate of drug-likeness (QED) is 0.445. The summed E-state index contributed by atoms with van der Waals surface area (Å²) in [5.74, 6) is 0.223. The number of ether oxygens (including phenoxy) is 1. The van der Waals surface area contributed by atoms with Crippen molar-refractivity contribution in [1.29, 1.82) is 0 Å². The highest BCUT2D eigenvalue weighted by Crippen LogP contribution is 2.32. The number of hydrogen-bond acceptors (Lipinski definition) is 8. The van der Waals surface area contributed by atoms with E-state index in [2.05, 4.69) is 9.97 Å². The van der Waals surface area contributed by atoms with E-state index in [9.17, 15) is 10.2 Å². The standard InChI is InChI=1S/C11H14N4O5/c16-3-6-7(17)8(18)11(20-6)15-2-1-5-9(14-19)12-4-13-10(5)15/h1-2,4,6-8,11,16-19H,3H2,(H,12,13,14)/t6-,7-,8-,11-/m1/s1. The first-order valence-corrected chi connectivity index (χ1v) is 6.01. The molecule has 0 aliphatic carbocycles. The van der Waals surface area contributed by atoms with E-state index in [1.807, 2.05) is 5.48 Å². The third-order valence-corrected chi connectivity index (χ3v) is 3.41. The van der Waals surface area contributed by atoms with Gasteiger partial charge in [0.2, 0.25) is 0 Å². The Morgan fingerprint density at radius 3 is 2.75 bits per heavy atom. The molecule has 9 nitrogen and oxygen atoms in total. The Bertz CT molecular complexity index is 618. The molecule has 9 heteroatoms. The lowest BCUT2D eigenvalue weighted by Gasteiger charge is -2.17.